The first-order chi connectivity index (χ1) is 17.4. The summed E-state index contributed by atoms with van der Waals surface area (Å²) in [6.45, 7) is 1.40. The monoisotopic (exact) mass is 506 g/mol. The Morgan fingerprint density at radius 1 is 0.833 bits per heavy atom. The Bertz CT molecular complexity index is 1270. The van der Waals surface area contributed by atoms with E-state index in [1.165, 1.54) is 28.6 Å². The Balaban J connectivity index is 1.41. The van der Waals surface area contributed by atoms with Crippen LogP contribution in [0.25, 0.3) is 0 Å². The van der Waals surface area contributed by atoms with Crippen LogP contribution in [0, 0.1) is 0 Å². The zero-order valence-electron chi connectivity index (χ0n) is 20.1. The van der Waals surface area contributed by atoms with Gasteiger partial charge < -0.3 is 9.64 Å². The number of benzene rings is 3. The first kappa shape index (κ1) is 25.6. The second kappa shape index (κ2) is 12.0. The maximum atomic E-state index is 13.1. The first-order valence-corrected chi connectivity index (χ1v) is 13.5. The van der Waals surface area contributed by atoms with Gasteiger partial charge in [0.2, 0.25) is 10.0 Å². The number of hydrogen-bond acceptors (Lipinski definition) is 5. The molecule has 1 heterocycles. The SMILES string of the molecule is O=C(OCC(=O)N(CCc1ccccc1)Cc1ccccc1)c1cccc(S(=O)(=O)N2CCCC2)c1. The van der Waals surface area contributed by atoms with Gasteiger partial charge in [0.05, 0.1) is 10.5 Å². The van der Waals surface area contributed by atoms with Crippen LogP contribution in [-0.2, 0) is 32.5 Å². The Labute approximate surface area is 212 Å². The highest BCUT2D eigenvalue weighted by molar-refractivity contribution is 7.89. The molecule has 3 aromatic carbocycles. The van der Waals surface area contributed by atoms with Gasteiger partial charge in [0.1, 0.15) is 0 Å². The lowest BCUT2D eigenvalue weighted by atomic mass is 10.1. The maximum absolute atomic E-state index is 13.1. The van der Waals surface area contributed by atoms with Crippen LogP contribution in [0.1, 0.15) is 34.3 Å². The van der Waals surface area contributed by atoms with E-state index in [-0.39, 0.29) is 16.4 Å². The van der Waals surface area contributed by atoms with Crippen molar-refractivity contribution < 1.29 is 22.7 Å². The number of sulfonamides is 1. The summed E-state index contributed by atoms with van der Waals surface area (Å²) >= 11 is 0. The minimum absolute atomic E-state index is 0.0544. The molecule has 1 aliphatic heterocycles. The molecule has 0 atom stereocenters. The summed E-state index contributed by atoms with van der Waals surface area (Å²) < 4.78 is 32.4. The van der Waals surface area contributed by atoms with E-state index >= 15 is 0 Å². The molecule has 36 heavy (non-hydrogen) atoms. The molecule has 0 aromatic heterocycles. The van der Waals surface area contributed by atoms with Gasteiger partial charge in [-0.15, -0.1) is 0 Å². The molecule has 7 nitrogen and oxygen atoms in total. The van der Waals surface area contributed by atoms with Crippen molar-refractivity contribution in [1.82, 2.24) is 9.21 Å². The fourth-order valence-electron chi connectivity index (χ4n) is 4.17. The van der Waals surface area contributed by atoms with Crippen molar-refractivity contribution in [3.8, 4) is 0 Å². The lowest BCUT2D eigenvalue weighted by Crippen LogP contribution is -2.36. The van der Waals surface area contributed by atoms with Crippen molar-refractivity contribution in [2.45, 2.75) is 30.7 Å². The minimum atomic E-state index is -3.66. The van der Waals surface area contributed by atoms with Crippen LogP contribution >= 0.6 is 0 Å². The zero-order valence-corrected chi connectivity index (χ0v) is 20.9. The predicted molar refractivity (Wildman–Crippen MR) is 137 cm³/mol. The number of rotatable bonds is 10. The molecule has 1 amide bonds. The van der Waals surface area contributed by atoms with Crippen LogP contribution in [0.2, 0.25) is 0 Å². The molecule has 0 bridgehead atoms. The number of nitrogens with zero attached hydrogens (tertiary/aromatic N) is 2. The van der Waals surface area contributed by atoms with Crippen LogP contribution in [0.15, 0.2) is 89.8 Å². The summed E-state index contributed by atoms with van der Waals surface area (Å²) in [5.74, 6) is -1.05. The Morgan fingerprint density at radius 2 is 1.47 bits per heavy atom. The molecule has 0 radical (unpaired) electrons. The minimum Gasteiger partial charge on any atom is -0.452 e. The van der Waals surface area contributed by atoms with Crippen molar-refractivity contribution in [3.05, 3.63) is 102 Å². The molecule has 0 aliphatic carbocycles. The second-order valence-corrected chi connectivity index (χ2v) is 10.7. The molecule has 1 aliphatic rings. The van der Waals surface area contributed by atoms with Gasteiger partial charge in [-0.2, -0.15) is 4.31 Å². The number of esters is 1. The second-order valence-electron chi connectivity index (χ2n) is 8.75. The summed E-state index contributed by atoms with van der Waals surface area (Å²) in [5.41, 5.74) is 2.18. The summed E-state index contributed by atoms with van der Waals surface area (Å²) in [4.78, 5) is 27.5. The zero-order chi connectivity index (χ0) is 25.4. The normalized spacial score (nSPS) is 13.9. The third-order valence-corrected chi connectivity index (χ3v) is 8.08. The van der Waals surface area contributed by atoms with Gasteiger partial charge in [0.15, 0.2) is 6.61 Å². The van der Waals surface area contributed by atoms with Gasteiger partial charge in [0.25, 0.3) is 5.91 Å². The van der Waals surface area contributed by atoms with Gasteiger partial charge in [0, 0.05) is 26.2 Å². The van der Waals surface area contributed by atoms with Crippen molar-refractivity contribution >= 4 is 21.9 Å². The van der Waals surface area contributed by atoms with E-state index in [2.05, 4.69) is 0 Å². The van der Waals surface area contributed by atoms with Crippen molar-refractivity contribution in [2.24, 2.45) is 0 Å². The van der Waals surface area contributed by atoms with Gasteiger partial charge in [-0.3, -0.25) is 4.79 Å². The van der Waals surface area contributed by atoms with Crippen molar-refractivity contribution in [1.29, 1.82) is 0 Å². The largest absolute Gasteiger partial charge is 0.452 e. The predicted octanol–water partition coefficient (Wildman–Crippen LogP) is 3.90. The van der Waals surface area contributed by atoms with Crippen LogP contribution < -0.4 is 0 Å². The lowest BCUT2D eigenvalue weighted by molar-refractivity contribution is -0.135. The third-order valence-electron chi connectivity index (χ3n) is 6.18. The number of amides is 1. The molecular weight excluding hydrogens is 476 g/mol. The van der Waals surface area contributed by atoms with E-state index in [0.29, 0.717) is 32.6 Å². The van der Waals surface area contributed by atoms with E-state index in [1.54, 1.807) is 4.90 Å². The van der Waals surface area contributed by atoms with Gasteiger partial charge in [-0.05, 0) is 48.6 Å². The molecule has 1 saturated heterocycles. The topological polar surface area (TPSA) is 84.0 Å². The van der Waals surface area contributed by atoms with Gasteiger partial charge in [-0.25, -0.2) is 13.2 Å². The summed E-state index contributed by atoms with van der Waals surface area (Å²) in [5, 5.41) is 0. The van der Waals surface area contributed by atoms with Crippen molar-refractivity contribution in [3.63, 3.8) is 0 Å². The Morgan fingerprint density at radius 3 is 2.14 bits per heavy atom. The quantitative estimate of drug-likeness (QED) is 0.390. The average Bonchev–Trinajstić information content (AvgIpc) is 3.47. The van der Waals surface area contributed by atoms with E-state index in [1.807, 2.05) is 60.7 Å². The molecular formula is C28H30N2O5S. The van der Waals surface area contributed by atoms with E-state index in [4.69, 9.17) is 4.74 Å². The third kappa shape index (κ3) is 6.59. The van der Waals surface area contributed by atoms with Crippen LogP contribution in [0.4, 0.5) is 0 Å². The fraction of sp³-hybridized carbons (Fsp3) is 0.286. The highest BCUT2D eigenvalue weighted by atomic mass is 32.2. The summed E-state index contributed by atoms with van der Waals surface area (Å²) in [6, 6.07) is 25.3. The average molecular weight is 507 g/mol. The highest BCUT2D eigenvalue weighted by Crippen LogP contribution is 2.22. The number of carbonyl (C=O) groups excluding carboxylic acids is 2. The summed E-state index contributed by atoms with van der Waals surface area (Å²) in [7, 11) is -3.66. The molecule has 4 rings (SSSR count). The van der Waals surface area contributed by atoms with Gasteiger partial charge in [-0.1, -0.05) is 66.7 Å². The number of carbonyl (C=O) groups is 2. The molecule has 0 N–H and O–H groups in total. The first-order valence-electron chi connectivity index (χ1n) is 12.1. The van der Waals surface area contributed by atoms with Gasteiger partial charge >= 0.3 is 5.97 Å². The molecule has 0 unspecified atom stereocenters. The standard InChI is InChI=1S/C28H30N2O5S/c31-27(29(21-24-12-5-2-6-13-24)19-16-23-10-3-1-4-11-23)22-35-28(32)25-14-9-15-26(20-25)36(33,34)30-17-7-8-18-30/h1-6,9-15,20H,7-8,16-19,21-22H2. The molecule has 8 heteroatoms. The van der Waals surface area contributed by atoms with Crippen LogP contribution in [-0.4, -0.2) is 55.7 Å². The lowest BCUT2D eigenvalue weighted by Gasteiger charge is -2.23. The Hall–Kier alpha value is -3.49. The maximum Gasteiger partial charge on any atom is 0.338 e. The fourth-order valence-corrected chi connectivity index (χ4v) is 5.73. The molecule has 1 fully saturated rings. The van der Waals surface area contributed by atoms with E-state index < -0.39 is 22.6 Å². The van der Waals surface area contributed by atoms with Crippen molar-refractivity contribution in [2.75, 3.05) is 26.2 Å². The molecule has 188 valence electrons. The molecule has 3 aromatic rings. The van der Waals surface area contributed by atoms with E-state index in [9.17, 15) is 18.0 Å². The van der Waals surface area contributed by atoms with Crippen LogP contribution in [0.3, 0.4) is 0 Å². The number of hydrogen-bond donors (Lipinski definition) is 0. The highest BCUT2D eigenvalue weighted by Gasteiger charge is 2.28. The molecule has 0 spiro atoms. The van der Waals surface area contributed by atoms with E-state index in [0.717, 1.165) is 24.0 Å². The molecule has 0 saturated carbocycles. The smallest absolute Gasteiger partial charge is 0.338 e. The van der Waals surface area contributed by atoms with Crippen LogP contribution in [0.5, 0.6) is 0 Å². The number of ether oxygens (including phenoxy) is 1. The summed E-state index contributed by atoms with van der Waals surface area (Å²) in [6.07, 6.45) is 2.32. The Kier molecular flexibility index (Phi) is 8.51.